The van der Waals surface area contributed by atoms with Crippen LogP contribution in [0.4, 0.5) is 10.2 Å². The van der Waals surface area contributed by atoms with Gasteiger partial charge >= 0.3 is 0 Å². The van der Waals surface area contributed by atoms with E-state index in [9.17, 15) is 4.39 Å². The third-order valence-electron chi connectivity index (χ3n) is 3.02. The molecule has 0 spiro atoms. The number of anilines is 1. The molecule has 0 bridgehead atoms. The van der Waals surface area contributed by atoms with E-state index in [0.29, 0.717) is 5.82 Å². The highest BCUT2D eigenvalue weighted by Gasteiger charge is 2.10. The summed E-state index contributed by atoms with van der Waals surface area (Å²) >= 11 is 5.73. The van der Waals surface area contributed by atoms with Gasteiger partial charge in [-0.05, 0) is 23.1 Å². The van der Waals surface area contributed by atoms with Crippen LogP contribution in [0.25, 0.3) is 21.9 Å². The summed E-state index contributed by atoms with van der Waals surface area (Å²) in [5.41, 5.74) is 1.74. The third-order valence-corrected chi connectivity index (χ3v) is 3.20. The number of benzene rings is 2. The summed E-state index contributed by atoms with van der Waals surface area (Å²) in [6.45, 7) is 0. The molecule has 94 valence electrons. The Morgan fingerprint density at radius 2 is 1.74 bits per heavy atom. The maximum absolute atomic E-state index is 13.0. The predicted molar refractivity (Wildman–Crippen MR) is 76.6 cm³/mol. The molecular formula is C15H10ClFN2. The number of halogens is 2. The summed E-state index contributed by atoms with van der Waals surface area (Å²) in [7, 11) is 0. The lowest BCUT2D eigenvalue weighted by Crippen LogP contribution is -1.92. The van der Waals surface area contributed by atoms with E-state index >= 15 is 0 Å². The first kappa shape index (κ1) is 11.9. The summed E-state index contributed by atoms with van der Waals surface area (Å²) in [4.78, 5) is 6.86. The molecule has 0 amide bonds. The van der Waals surface area contributed by atoms with Crippen molar-refractivity contribution in [2.45, 2.75) is 0 Å². The molecule has 3 rings (SSSR count). The number of pyridine rings is 1. The van der Waals surface area contributed by atoms with Gasteiger partial charge in [0.25, 0.3) is 0 Å². The Labute approximate surface area is 115 Å². The van der Waals surface area contributed by atoms with Crippen LogP contribution in [-0.2, 0) is 0 Å². The van der Waals surface area contributed by atoms with E-state index in [-0.39, 0.29) is 5.82 Å². The van der Waals surface area contributed by atoms with Crippen molar-refractivity contribution in [2.75, 3.05) is 4.84 Å². The third kappa shape index (κ3) is 2.13. The summed E-state index contributed by atoms with van der Waals surface area (Å²) in [5.74, 6) is 0.296. The molecule has 2 nitrogen and oxygen atoms in total. The number of hydrogen-bond donors (Lipinski definition) is 1. The van der Waals surface area contributed by atoms with Gasteiger partial charge in [-0.3, -0.25) is 4.84 Å². The molecule has 1 aromatic heterocycles. The van der Waals surface area contributed by atoms with Gasteiger partial charge in [-0.1, -0.05) is 36.4 Å². The van der Waals surface area contributed by atoms with E-state index in [4.69, 9.17) is 11.8 Å². The monoisotopic (exact) mass is 272 g/mol. The van der Waals surface area contributed by atoms with Crippen LogP contribution in [0.15, 0.2) is 54.7 Å². The van der Waals surface area contributed by atoms with Crippen LogP contribution < -0.4 is 4.84 Å². The molecule has 0 aliphatic carbocycles. The van der Waals surface area contributed by atoms with Crippen molar-refractivity contribution in [3.8, 4) is 11.1 Å². The molecule has 2 aromatic carbocycles. The minimum atomic E-state index is -0.266. The fraction of sp³-hybridized carbons (Fsp3) is 0. The smallest absolute Gasteiger partial charge is 0.148 e. The minimum absolute atomic E-state index is 0.266. The summed E-state index contributed by atoms with van der Waals surface area (Å²) < 4.78 is 13.0. The largest absolute Gasteiger partial charge is 0.282 e. The van der Waals surface area contributed by atoms with Gasteiger partial charge in [0, 0.05) is 28.9 Å². The SMILES string of the molecule is Fc1ccc(-c2c(NCl)ncc3ccccc23)cc1. The Balaban J connectivity index is 2.33. The number of aromatic nitrogens is 1. The van der Waals surface area contributed by atoms with Crippen molar-refractivity contribution in [3.63, 3.8) is 0 Å². The Morgan fingerprint density at radius 1 is 1.00 bits per heavy atom. The highest BCUT2D eigenvalue weighted by molar-refractivity contribution is 6.25. The van der Waals surface area contributed by atoms with Crippen molar-refractivity contribution in [1.29, 1.82) is 0 Å². The van der Waals surface area contributed by atoms with Crippen LogP contribution >= 0.6 is 11.8 Å². The number of fused-ring (bicyclic) bond motifs is 1. The molecule has 19 heavy (non-hydrogen) atoms. The number of hydrogen-bond acceptors (Lipinski definition) is 2. The van der Waals surface area contributed by atoms with Crippen LogP contribution in [0, 0.1) is 5.82 Å². The first-order chi connectivity index (χ1) is 9.29. The van der Waals surface area contributed by atoms with Gasteiger partial charge in [-0.25, -0.2) is 9.37 Å². The minimum Gasteiger partial charge on any atom is -0.282 e. The van der Waals surface area contributed by atoms with Crippen molar-refractivity contribution in [1.82, 2.24) is 4.98 Å². The first-order valence-electron chi connectivity index (χ1n) is 5.80. The van der Waals surface area contributed by atoms with E-state index in [2.05, 4.69) is 9.82 Å². The maximum Gasteiger partial charge on any atom is 0.148 e. The van der Waals surface area contributed by atoms with E-state index < -0.39 is 0 Å². The van der Waals surface area contributed by atoms with Gasteiger partial charge in [0.1, 0.15) is 11.6 Å². The Bertz CT molecular complexity index is 726. The quantitative estimate of drug-likeness (QED) is 0.689. The summed E-state index contributed by atoms with van der Waals surface area (Å²) in [6, 6.07) is 14.2. The fourth-order valence-corrected chi connectivity index (χ4v) is 2.29. The van der Waals surface area contributed by atoms with Crippen LogP contribution in [0.5, 0.6) is 0 Å². The van der Waals surface area contributed by atoms with Crippen molar-refractivity contribution >= 4 is 28.4 Å². The zero-order valence-corrected chi connectivity index (χ0v) is 10.7. The lowest BCUT2D eigenvalue weighted by atomic mass is 10.00. The molecule has 0 aliphatic rings. The number of nitrogens with one attached hydrogen (secondary N) is 1. The highest BCUT2D eigenvalue weighted by atomic mass is 35.5. The van der Waals surface area contributed by atoms with E-state index in [1.807, 2.05) is 24.3 Å². The van der Waals surface area contributed by atoms with Crippen LogP contribution in [-0.4, -0.2) is 4.98 Å². The lowest BCUT2D eigenvalue weighted by molar-refractivity contribution is 0.628. The van der Waals surface area contributed by atoms with E-state index in [1.165, 1.54) is 12.1 Å². The predicted octanol–water partition coefficient (Wildman–Crippen LogP) is 4.61. The van der Waals surface area contributed by atoms with Gasteiger partial charge in [0.2, 0.25) is 0 Å². The lowest BCUT2D eigenvalue weighted by Gasteiger charge is -2.11. The van der Waals surface area contributed by atoms with E-state index in [0.717, 1.165) is 21.9 Å². The Hall–Kier alpha value is -2.13. The molecule has 4 heteroatoms. The zero-order valence-electron chi connectivity index (χ0n) is 9.90. The average Bonchev–Trinajstić information content (AvgIpc) is 2.47. The van der Waals surface area contributed by atoms with Gasteiger partial charge in [0.05, 0.1) is 0 Å². The molecular weight excluding hydrogens is 263 g/mol. The Kier molecular flexibility index (Phi) is 3.05. The van der Waals surface area contributed by atoms with Crippen LogP contribution in [0.2, 0.25) is 0 Å². The van der Waals surface area contributed by atoms with Gasteiger partial charge in [-0.15, -0.1) is 0 Å². The van der Waals surface area contributed by atoms with Crippen LogP contribution in [0.3, 0.4) is 0 Å². The second-order valence-corrected chi connectivity index (χ2v) is 4.36. The molecule has 0 radical (unpaired) electrons. The molecule has 0 fully saturated rings. The second-order valence-electron chi connectivity index (χ2n) is 4.17. The molecule has 0 aliphatic heterocycles. The topological polar surface area (TPSA) is 24.9 Å². The molecule has 0 saturated heterocycles. The highest BCUT2D eigenvalue weighted by Crippen LogP contribution is 2.34. The maximum atomic E-state index is 13.0. The number of nitrogens with zero attached hydrogens (tertiary/aromatic N) is 1. The van der Waals surface area contributed by atoms with Gasteiger partial charge in [0.15, 0.2) is 0 Å². The standard InChI is InChI=1S/C15H10ClFN2/c16-19-15-14(10-5-7-12(17)8-6-10)13-4-2-1-3-11(13)9-18-15/h1-9H,(H,18,19). The summed E-state index contributed by atoms with van der Waals surface area (Å²) in [6.07, 6.45) is 1.76. The molecule has 3 aromatic rings. The molecule has 0 saturated carbocycles. The van der Waals surface area contributed by atoms with Gasteiger partial charge < -0.3 is 0 Å². The van der Waals surface area contributed by atoms with Crippen molar-refractivity contribution < 1.29 is 4.39 Å². The fourth-order valence-electron chi connectivity index (χ4n) is 2.14. The van der Waals surface area contributed by atoms with E-state index in [1.54, 1.807) is 18.3 Å². The molecule has 0 unspecified atom stereocenters. The molecule has 1 N–H and O–H groups in total. The molecule has 1 heterocycles. The second kappa shape index (κ2) is 4.86. The van der Waals surface area contributed by atoms with Crippen molar-refractivity contribution in [2.24, 2.45) is 0 Å². The molecule has 0 atom stereocenters. The van der Waals surface area contributed by atoms with Gasteiger partial charge in [-0.2, -0.15) is 0 Å². The van der Waals surface area contributed by atoms with Crippen molar-refractivity contribution in [3.05, 3.63) is 60.5 Å². The average molecular weight is 273 g/mol. The Morgan fingerprint density at radius 3 is 2.47 bits per heavy atom. The summed E-state index contributed by atoms with van der Waals surface area (Å²) in [5, 5.41) is 2.03. The zero-order chi connectivity index (χ0) is 13.2. The van der Waals surface area contributed by atoms with Crippen LogP contribution in [0.1, 0.15) is 0 Å². The normalized spacial score (nSPS) is 10.6. The number of rotatable bonds is 2. The first-order valence-corrected chi connectivity index (χ1v) is 6.18.